The molecule has 126 valence electrons. The highest BCUT2D eigenvalue weighted by atomic mass is 19.1. The third-order valence-corrected chi connectivity index (χ3v) is 4.11. The third-order valence-electron chi connectivity index (χ3n) is 4.11. The van der Waals surface area contributed by atoms with E-state index >= 15 is 0 Å². The van der Waals surface area contributed by atoms with Gasteiger partial charge in [-0.15, -0.1) is 5.10 Å². The molecule has 0 bridgehead atoms. The number of aromatic nitrogens is 6. The summed E-state index contributed by atoms with van der Waals surface area (Å²) in [6.07, 6.45) is -0.373. The second-order valence-corrected chi connectivity index (χ2v) is 6.04. The minimum absolute atomic E-state index is 0.0896. The molecule has 23 heavy (non-hydrogen) atoms. The van der Waals surface area contributed by atoms with Crippen LogP contribution in [-0.4, -0.2) is 54.8 Å². The number of halogens is 1. The van der Waals surface area contributed by atoms with Gasteiger partial charge in [-0.3, -0.25) is 10.00 Å². The molecule has 1 fully saturated rings. The first-order chi connectivity index (χ1) is 11.1. The first-order valence-corrected chi connectivity index (χ1v) is 7.93. The Morgan fingerprint density at radius 1 is 1.39 bits per heavy atom. The van der Waals surface area contributed by atoms with Crippen molar-refractivity contribution in [2.24, 2.45) is 0 Å². The molecule has 9 heteroatoms. The average Bonchev–Trinajstić information content (AvgIpc) is 3.21. The van der Waals surface area contributed by atoms with Crippen molar-refractivity contribution >= 4 is 0 Å². The number of aromatic amines is 1. The van der Waals surface area contributed by atoms with E-state index in [1.807, 2.05) is 25.6 Å². The van der Waals surface area contributed by atoms with Crippen molar-refractivity contribution < 1.29 is 4.39 Å². The molecule has 8 nitrogen and oxygen atoms in total. The summed E-state index contributed by atoms with van der Waals surface area (Å²) in [7, 11) is 2.01. The lowest BCUT2D eigenvalue weighted by atomic mass is 10.2. The molecule has 3 rings (SSSR count). The summed E-state index contributed by atoms with van der Waals surface area (Å²) in [5, 5.41) is 18.5. The number of nitrogens with zero attached hydrogens (tertiary/aromatic N) is 6. The molecule has 1 aliphatic rings. The fraction of sp³-hybridized carbons (Fsp3) is 0.714. The zero-order valence-corrected chi connectivity index (χ0v) is 13.8. The third kappa shape index (κ3) is 3.56. The van der Waals surface area contributed by atoms with Crippen LogP contribution >= 0.6 is 0 Å². The van der Waals surface area contributed by atoms with Crippen LogP contribution in [0.25, 0.3) is 0 Å². The van der Waals surface area contributed by atoms with E-state index in [2.05, 4.69) is 35.7 Å². The van der Waals surface area contributed by atoms with Crippen molar-refractivity contribution in [3.8, 4) is 0 Å². The van der Waals surface area contributed by atoms with Crippen LogP contribution in [0.5, 0.6) is 0 Å². The van der Waals surface area contributed by atoms with Crippen LogP contribution in [0.4, 0.5) is 4.39 Å². The van der Waals surface area contributed by atoms with Crippen LogP contribution in [0.15, 0.2) is 0 Å². The van der Waals surface area contributed by atoms with Crippen LogP contribution < -0.4 is 5.32 Å². The molecule has 0 aromatic carbocycles. The van der Waals surface area contributed by atoms with Gasteiger partial charge in [-0.25, -0.2) is 14.1 Å². The Balaban J connectivity index is 1.61. The highest BCUT2D eigenvalue weighted by molar-refractivity contribution is 5.08. The summed E-state index contributed by atoms with van der Waals surface area (Å²) in [4.78, 5) is 6.61. The molecule has 0 aliphatic carbocycles. The Bertz CT molecular complexity index is 651. The lowest BCUT2D eigenvalue weighted by Crippen LogP contribution is -2.21. The molecular weight excluding hydrogens is 299 g/mol. The van der Waals surface area contributed by atoms with Crippen molar-refractivity contribution in [1.82, 2.24) is 40.4 Å². The van der Waals surface area contributed by atoms with Gasteiger partial charge in [0.2, 0.25) is 0 Å². The SMILES string of the molecule is CCn1nnc(C)c1CN(C)Cc1nc([C@H]2C[C@H](F)CN2)n[nH]1. The Morgan fingerprint density at radius 3 is 2.91 bits per heavy atom. The summed E-state index contributed by atoms with van der Waals surface area (Å²) >= 11 is 0. The van der Waals surface area contributed by atoms with Crippen molar-refractivity contribution in [2.45, 2.75) is 52.1 Å². The number of alkyl halides is 1. The number of rotatable bonds is 6. The zero-order valence-electron chi connectivity index (χ0n) is 13.8. The average molecular weight is 322 g/mol. The van der Waals surface area contributed by atoms with Crippen LogP contribution in [0, 0.1) is 6.92 Å². The molecule has 0 radical (unpaired) electrons. The van der Waals surface area contributed by atoms with E-state index in [-0.39, 0.29) is 6.04 Å². The van der Waals surface area contributed by atoms with Gasteiger partial charge in [-0.1, -0.05) is 5.21 Å². The van der Waals surface area contributed by atoms with Crippen LogP contribution in [0.2, 0.25) is 0 Å². The van der Waals surface area contributed by atoms with Crippen LogP contribution in [0.1, 0.15) is 42.4 Å². The molecule has 2 aromatic heterocycles. The number of hydrogen-bond acceptors (Lipinski definition) is 6. The molecule has 2 atom stereocenters. The minimum Gasteiger partial charge on any atom is -0.304 e. The highest BCUT2D eigenvalue weighted by Gasteiger charge is 2.27. The normalized spacial score (nSPS) is 21.4. The van der Waals surface area contributed by atoms with Gasteiger partial charge in [0.05, 0.1) is 24.0 Å². The maximum atomic E-state index is 13.2. The van der Waals surface area contributed by atoms with Gasteiger partial charge < -0.3 is 5.32 Å². The lowest BCUT2D eigenvalue weighted by molar-refractivity contribution is 0.299. The quantitative estimate of drug-likeness (QED) is 0.815. The summed E-state index contributed by atoms with van der Waals surface area (Å²) in [5.41, 5.74) is 2.05. The van der Waals surface area contributed by atoms with Crippen molar-refractivity contribution in [3.63, 3.8) is 0 Å². The maximum Gasteiger partial charge on any atom is 0.167 e. The van der Waals surface area contributed by atoms with Crippen LogP contribution in [0.3, 0.4) is 0 Å². The van der Waals surface area contributed by atoms with Crippen molar-refractivity contribution in [1.29, 1.82) is 0 Å². The second kappa shape index (κ2) is 6.71. The van der Waals surface area contributed by atoms with Gasteiger partial charge in [0, 0.05) is 26.1 Å². The molecule has 0 amide bonds. The van der Waals surface area contributed by atoms with Crippen molar-refractivity contribution in [2.75, 3.05) is 13.6 Å². The summed E-state index contributed by atoms with van der Waals surface area (Å²) in [6, 6.07) is -0.0896. The Morgan fingerprint density at radius 2 is 2.22 bits per heavy atom. The Hall–Kier alpha value is -1.87. The number of nitrogens with one attached hydrogen (secondary N) is 2. The van der Waals surface area contributed by atoms with E-state index in [1.54, 1.807) is 0 Å². The summed E-state index contributed by atoms with van der Waals surface area (Å²) in [5.74, 6) is 1.42. The Labute approximate surface area is 134 Å². The van der Waals surface area contributed by atoms with Gasteiger partial charge in [0.1, 0.15) is 12.0 Å². The predicted octanol–water partition coefficient (Wildman–Crippen LogP) is 0.729. The topological polar surface area (TPSA) is 87.6 Å². The van der Waals surface area contributed by atoms with Crippen molar-refractivity contribution in [3.05, 3.63) is 23.0 Å². The number of H-pyrrole nitrogens is 1. The first kappa shape index (κ1) is 16.0. The molecule has 0 spiro atoms. The molecule has 2 aromatic rings. The van der Waals surface area contributed by atoms with E-state index in [0.717, 1.165) is 30.3 Å². The van der Waals surface area contributed by atoms with E-state index in [9.17, 15) is 4.39 Å². The zero-order chi connectivity index (χ0) is 16.4. The first-order valence-electron chi connectivity index (χ1n) is 7.93. The highest BCUT2D eigenvalue weighted by Crippen LogP contribution is 2.22. The van der Waals surface area contributed by atoms with E-state index in [4.69, 9.17) is 0 Å². The van der Waals surface area contributed by atoms with E-state index in [0.29, 0.717) is 25.3 Å². The molecule has 0 unspecified atom stereocenters. The molecular formula is C14H23FN8. The van der Waals surface area contributed by atoms with Crippen LogP contribution in [-0.2, 0) is 19.6 Å². The lowest BCUT2D eigenvalue weighted by Gasteiger charge is -2.15. The maximum absolute atomic E-state index is 13.2. The van der Waals surface area contributed by atoms with Gasteiger partial charge in [-0.2, -0.15) is 5.10 Å². The monoisotopic (exact) mass is 322 g/mol. The molecule has 0 saturated carbocycles. The van der Waals surface area contributed by atoms with Gasteiger partial charge in [0.15, 0.2) is 5.82 Å². The van der Waals surface area contributed by atoms with E-state index < -0.39 is 6.17 Å². The molecule has 1 saturated heterocycles. The standard InChI is InChI=1S/C14H23FN8/c1-4-23-12(9(2)18-21-23)7-22(3)8-13-17-14(20-19-13)11-5-10(15)6-16-11/h10-11,16H,4-8H2,1-3H3,(H,17,19,20)/t10-,11+/m0/s1. The second-order valence-electron chi connectivity index (χ2n) is 6.04. The molecule has 2 N–H and O–H groups in total. The summed E-state index contributed by atoms with van der Waals surface area (Å²) in [6.45, 7) is 6.56. The number of hydrogen-bond donors (Lipinski definition) is 2. The fourth-order valence-corrected chi connectivity index (χ4v) is 2.86. The smallest absolute Gasteiger partial charge is 0.167 e. The predicted molar refractivity (Wildman–Crippen MR) is 82.2 cm³/mol. The molecule has 3 heterocycles. The molecule has 1 aliphatic heterocycles. The Kier molecular flexibility index (Phi) is 4.67. The van der Waals surface area contributed by atoms with Gasteiger partial charge in [0.25, 0.3) is 0 Å². The minimum atomic E-state index is -0.811. The van der Waals surface area contributed by atoms with Gasteiger partial charge in [-0.05, 0) is 20.9 Å². The number of aryl methyl sites for hydroxylation is 2. The van der Waals surface area contributed by atoms with Gasteiger partial charge >= 0.3 is 0 Å². The fourth-order valence-electron chi connectivity index (χ4n) is 2.86. The largest absolute Gasteiger partial charge is 0.304 e. The summed E-state index contributed by atoms with van der Waals surface area (Å²) < 4.78 is 15.2. The van der Waals surface area contributed by atoms with E-state index in [1.165, 1.54) is 0 Å².